The molecule has 112 valence electrons. The zero-order valence-corrected chi connectivity index (χ0v) is 12.0. The van der Waals surface area contributed by atoms with Crippen molar-refractivity contribution in [2.45, 2.75) is 32.4 Å². The number of nitrogens with one attached hydrogen (secondary N) is 1. The normalized spacial score (nSPS) is 15.3. The van der Waals surface area contributed by atoms with Crippen molar-refractivity contribution in [2.75, 3.05) is 13.2 Å². The van der Waals surface area contributed by atoms with E-state index in [1.54, 1.807) is 12.1 Å². The van der Waals surface area contributed by atoms with Crippen LogP contribution < -0.4 is 10.1 Å². The van der Waals surface area contributed by atoms with E-state index in [2.05, 4.69) is 5.32 Å². The van der Waals surface area contributed by atoms with E-state index in [-0.39, 0.29) is 19.1 Å². The van der Waals surface area contributed by atoms with Crippen molar-refractivity contribution in [1.82, 2.24) is 5.32 Å². The molecule has 0 amide bonds. The van der Waals surface area contributed by atoms with Crippen LogP contribution in [0.3, 0.4) is 0 Å². The van der Waals surface area contributed by atoms with Crippen LogP contribution in [0.1, 0.15) is 20.3 Å². The second-order valence-electron chi connectivity index (χ2n) is 4.89. The van der Waals surface area contributed by atoms with Crippen LogP contribution in [0.4, 0.5) is 0 Å². The van der Waals surface area contributed by atoms with E-state index in [4.69, 9.17) is 9.84 Å². The van der Waals surface area contributed by atoms with Crippen molar-refractivity contribution in [3.63, 3.8) is 0 Å². The molecule has 0 aliphatic carbocycles. The van der Waals surface area contributed by atoms with Gasteiger partial charge in [0.2, 0.25) is 0 Å². The predicted molar refractivity (Wildman–Crippen MR) is 76.8 cm³/mol. The number of carboxylic acids is 1. The highest BCUT2D eigenvalue weighted by atomic mass is 16.5. The first-order valence-electron chi connectivity index (χ1n) is 6.86. The molecule has 0 heterocycles. The Morgan fingerprint density at radius 2 is 2.00 bits per heavy atom. The Labute approximate surface area is 119 Å². The molecule has 3 atom stereocenters. The minimum Gasteiger partial charge on any atom is -0.491 e. The van der Waals surface area contributed by atoms with Crippen LogP contribution in [0.15, 0.2) is 30.3 Å². The molecule has 0 radical (unpaired) electrons. The summed E-state index contributed by atoms with van der Waals surface area (Å²) in [6, 6.07) is 8.55. The van der Waals surface area contributed by atoms with Gasteiger partial charge >= 0.3 is 5.97 Å². The molecule has 1 aromatic carbocycles. The van der Waals surface area contributed by atoms with Crippen molar-refractivity contribution in [3.05, 3.63) is 30.3 Å². The van der Waals surface area contributed by atoms with Crippen molar-refractivity contribution in [3.8, 4) is 5.75 Å². The van der Waals surface area contributed by atoms with Gasteiger partial charge in [0.05, 0.1) is 0 Å². The van der Waals surface area contributed by atoms with Gasteiger partial charge in [0.25, 0.3) is 0 Å². The van der Waals surface area contributed by atoms with E-state index in [0.717, 1.165) is 6.42 Å². The highest BCUT2D eigenvalue weighted by Gasteiger charge is 2.23. The Bertz CT molecular complexity index is 396. The SMILES string of the molecule is CC[C@@H](C)[C@@H](NC[C@H](O)COc1ccccc1)C(=O)O. The topological polar surface area (TPSA) is 78.8 Å². The first-order valence-corrected chi connectivity index (χ1v) is 6.86. The van der Waals surface area contributed by atoms with Crippen LogP contribution in [-0.2, 0) is 4.79 Å². The lowest BCUT2D eigenvalue weighted by atomic mass is 9.99. The molecule has 0 fully saturated rings. The van der Waals surface area contributed by atoms with Gasteiger partial charge in [-0.3, -0.25) is 4.79 Å². The van der Waals surface area contributed by atoms with E-state index in [9.17, 15) is 9.90 Å². The van der Waals surface area contributed by atoms with Crippen LogP contribution in [0.2, 0.25) is 0 Å². The number of para-hydroxylation sites is 1. The maximum absolute atomic E-state index is 11.1. The zero-order chi connectivity index (χ0) is 15.0. The standard InChI is InChI=1S/C15H23NO4/c1-3-11(2)14(15(18)19)16-9-12(17)10-20-13-7-5-4-6-8-13/h4-8,11-12,14,16-17H,3,9-10H2,1-2H3,(H,18,19)/t11-,12+,14-/m1/s1. The van der Waals surface area contributed by atoms with E-state index >= 15 is 0 Å². The van der Waals surface area contributed by atoms with Gasteiger partial charge in [-0.15, -0.1) is 0 Å². The summed E-state index contributed by atoms with van der Waals surface area (Å²) in [6.07, 6.45) is 0.0155. The van der Waals surface area contributed by atoms with Gasteiger partial charge in [-0.25, -0.2) is 0 Å². The summed E-state index contributed by atoms with van der Waals surface area (Å²) < 4.78 is 5.41. The molecule has 0 bridgehead atoms. The maximum atomic E-state index is 11.1. The lowest BCUT2D eigenvalue weighted by Crippen LogP contribution is -2.45. The summed E-state index contributed by atoms with van der Waals surface area (Å²) in [6.45, 7) is 4.13. The summed E-state index contributed by atoms with van der Waals surface area (Å²) in [4.78, 5) is 11.1. The van der Waals surface area contributed by atoms with E-state index < -0.39 is 18.1 Å². The minimum atomic E-state index is -0.893. The minimum absolute atomic E-state index is 0.00902. The van der Waals surface area contributed by atoms with Crippen molar-refractivity contribution in [2.24, 2.45) is 5.92 Å². The third-order valence-electron chi connectivity index (χ3n) is 3.24. The lowest BCUT2D eigenvalue weighted by molar-refractivity contribution is -0.141. The van der Waals surface area contributed by atoms with Gasteiger partial charge in [-0.1, -0.05) is 38.5 Å². The molecule has 0 aliphatic rings. The zero-order valence-electron chi connectivity index (χ0n) is 12.0. The highest BCUT2D eigenvalue weighted by Crippen LogP contribution is 2.09. The molecular weight excluding hydrogens is 258 g/mol. The molecule has 0 aliphatic heterocycles. The Morgan fingerprint density at radius 1 is 1.35 bits per heavy atom. The van der Waals surface area contributed by atoms with Gasteiger partial charge in [-0.2, -0.15) is 0 Å². The van der Waals surface area contributed by atoms with Gasteiger partial charge in [0.15, 0.2) is 0 Å². The van der Waals surface area contributed by atoms with Gasteiger partial charge < -0.3 is 20.3 Å². The number of ether oxygens (including phenoxy) is 1. The van der Waals surface area contributed by atoms with Crippen LogP contribution in [-0.4, -0.2) is 41.5 Å². The molecule has 3 N–H and O–H groups in total. The summed E-state index contributed by atoms with van der Waals surface area (Å²) in [7, 11) is 0. The molecule has 0 saturated carbocycles. The van der Waals surface area contributed by atoms with Crippen molar-refractivity contribution < 1.29 is 19.7 Å². The van der Waals surface area contributed by atoms with Crippen LogP contribution in [0.25, 0.3) is 0 Å². The molecule has 1 rings (SSSR count). The Hall–Kier alpha value is -1.59. The van der Waals surface area contributed by atoms with Crippen LogP contribution >= 0.6 is 0 Å². The Balaban J connectivity index is 2.34. The molecular formula is C15H23NO4. The quantitative estimate of drug-likeness (QED) is 0.639. The fraction of sp³-hybridized carbons (Fsp3) is 0.533. The molecule has 20 heavy (non-hydrogen) atoms. The van der Waals surface area contributed by atoms with E-state index in [0.29, 0.717) is 5.75 Å². The van der Waals surface area contributed by atoms with Gasteiger partial charge in [0.1, 0.15) is 24.5 Å². The largest absolute Gasteiger partial charge is 0.491 e. The van der Waals surface area contributed by atoms with E-state index in [1.807, 2.05) is 32.0 Å². The maximum Gasteiger partial charge on any atom is 0.320 e. The number of aliphatic carboxylic acids is 1. The summed E-state index contributed by atoms with van der Waals surface area (Å²) in [5, 5.41) is 21.8. The summed E-state index contributed by atoms with van der Waals surface area (Å²) in [5.74, 6) is -0.200. The van der Waals surface area contributed by atoms with Gasteiger partial charge in [-0.05, 0) is 18.1 Å². The molecule has 0 aromatic heterocycles. The number of aliphatic hydroxyl groups excluding tert-OH is 1. The number of benzene rings is 1. The first kappa shape index (κ1) is 16.5. The number of rotatable bonds is 9. The Kier molecular flexibility index (Phi) is 7.04. The second-order valence-corrected chi connectivity index (χ2v) is 4.89. The molecule has 0 unspecified atom stereocenters. The molecule has 0 saturated heterocycles. The first-order chi connectivity index (χ1) is 9.54. The predicted octanol–water partition coefficient (Wildman–Crippen LogP) is 1.52. The average molecular weight is 281 g/mol. The van der Waals surface area contributed by atoms with Crippen molar-refractivity contribution in [1.29, 1.82) is 0 Å². The average Bonchev–Trinajstić information content (AvgIpc) is 2.45. The van der Waals surface area contributed by atoms with Gasteiger partial charge in [0, 0.05) is 6.54 Å². The third kappa shape index (κ3) is 5.59. The number of carboxylic acid groups (broad SMARTS) is 1. The number of aliphatic hydroxyl groups is 1. The van der Waals surface area contributed by atoms with Crippen molar-refractivity contribution >= 4 is 5.97 Å². The second kappa shape index (κ2) is 8.55. The fourth-order valence-corrected chi connectivity index (χ4v) is 1.80. The van der Waals surface area contributed by atoms with Crippen LogP contribution in [0.5, 0.6) is 5.75 Å². The lowest BCUT2D eigenvalue weighted by Gasteiger charge is -2.22. The van der Waals surface area contributed by atoms with Crippen LogP contribution in [0, 0.1) is 5.92 Å². The Morgan fingerprint density at radius 3 is 2.55 bits per heavy atom. The molecule has 0 spiro atoms. The third-order valence-corrected chi connectivity index (χ3v) is 3.24. The highest BCUT2D eigenvalue weighted by molar-refractivity contribution is 5.73. The number of hydrogen-bond acceptors (Lipinski definition) is 4. The molecule has 5 heteroatoms. The summed E-state index contributed by atoms with van der Waals surface area (Å²) in [5.41, 5.74) is 0. The monoisotopic (exact) mass is 281 g/mol. The smallest absolute Gasteiger partial charge is 0.320 e. The fourth-order valence-electron chi connectivity index (χ4n) is 1.80. The summed E-state index contributed by atoms with van der Waals surface area (Å²) >= 11 is 0. The number of carbonyl (C=O) groups is 1. The number of hydrogen-bond donors (Lipinski definition) is 3. The van der Waals surface area contributed by atoms with E-state index in [1.165, 1.54) is 0 Å². The molecule has 5 nitrogen and oxygen atoms in total. The molecule has 1 aromatic rings.